The van der Waals surface area contributed by atoms with Crippen LogP contribution >= 0.6 is 0 Å². The van der Waals surface area contributed by atoms with Gasteiger partial charge in [-0.25, -0.2) is 0 Å². The molecule has 2 N–H and O–H groups in total. The van der Waals surface area contributed by atoms with E-state index in [1.54, 1.807) is 0 Å². The normalized spacial score (nSPS) is 21.5. The molecule has 0 saturated carbocycles. The fraction of sp³-hybridized carbons (Fsp3) is 0.615. The van der Waals surface area contributed by atoms with E-state index in [1.165, 1.54) is 30.6 Å². The summed E-state index contributed by atoms with van der Waals surface area (Å²) in [6.45, 7) is 1.95. The van der Waals surface area contributed by atoms with Crippen LogP contribution in [0.15, 0.2) is 18.3 Å². The molecule has 3 heteroatoms. The number of hydrogen-bond acceptors (Lipinski definition) is 3. The molecular formula is C13H21N3. The van der Waals surface area contributed by atoms with Gasteiger partial charge in [-0.2, -0.15) is 0 Å². The van der Waals surface area contributed by atoms with Crippen molar-refractivity contribution < 1.29 is 0 Å². The molecule has 88 valence electrons. The third-order valence-corrected chi connectivity index (χ3v) is 3.42. The van der Waals surface area contributed by atoms with Crippen LogP contribution in [0, 0.1) is 0 Å². The molecule has 1 aromatic heterocycles. The van der Waals surface area contributed by atoms with Gasteiger partial charge in [-0.15, -0.1) is 0 Å². The molecule has 2 heterocycles. The number of nitrogens with zero attached hydrogens (tertiary/aromatic N) is 2. The molecule has 3 nitrogen and oxygen atoms in total. The zero-order chi connectivity index (χ0) is 11.4. The minimum absolute atomic E-state index is 0.571. The van der Waals surface area contributed by atoms with Gasteiger partial charge in [0.15, 0.2) is 0 Å². The highest BCUT2D eigenvalue weighted by atomic mass is 15.1. The summed E-state index contributed by atoms with van der Waals surface area (Å²) in [7, 11) is 2.21. The Bertz CT molecular complexity index is 338. The monoisotopic (exact) mass is 219 g/mol. The van der Waals surface area contributed by atoms with E-state index in [2.05, 4.69) is 23.0 Å². The summed E-state index contributed by atoms with van der Waals surface area (Å²) >= 11 is 0. The van der Waals surface area contributed by atoms with Gasteiger partial charge in [0, 0.05) is 17.9 Å². The molecule has 16 heavy (non-hydrogen) atoms. The van der Waals surface area contributed by atoms with Crippen LogP contribution in [0.5, 0.6) is 0 Å². The van der Waals surface area contributed by atoms with Crippen molar-refractivity contribution in [3.8, 4) is 0 Å². The van der Waals surface area contributed by atoms with E-state index in [1.807, 2.05) is 12.3 Å². The number of likely N-dealkylation sites (tertiary alicyclic amines) is 1. The maximum absolute atomic E-state index is 5.57. The minimum atomic E-state index is 0.571. The van der Waals surface area contributed by atoms with Crippen LogP contribution in [0.1, 0.15) is 36.6 Å². The molecule has 1 aliphatic rings. The second-order valence-corrected chi connectivity index (χ2v) is 4.57. The van der Waals surface area contributed by atoms with Crippen molar-refractivity contribution in [3.05, 3.63) is 29.6 Å². The Morgan fingerprint density at radius 1 is 1.56 bits per heavy atom. The van der Waals surface area contributed by atoms with E-state index in [9.17, 15) is 0 Å². The van der Waals surface area contributed by atoms with Gasteiger partial charge < -0.3 is 5.73 Å². The summed E-state index contributed by atoms with van der Waals surface area (Å²) in [5.41, 5.74) is 8.22. The second kappa shape index (κ2) is 5.41. The lowest BCUT2D eigenvalue weighted by atomic mass is 10.0. The first-order chi connectivity index (χ1) is 7.83. The first-order valence-corrected chi connectivity index (χ1v) is 6.17. The molecule has 1 saturated heterocycles. The van der Waals surface area contributed by atoms with E-state index < -0.39 is 0 Å². The molecule has 0 amide bonds. The van der Waals surface area contributed by atoms with Gasteiger partial charge in [0.1, 0.15) is 0 Å². The Balaban J connectivity index is 2.18. The third kappa shape index (κ3) is 2.42. The summed E-state index contributed by atoms with van der Waals surface area (Å²) in [5, 5.41) is 0. The van der Waals surface area contributed by atoms with E-state index in [-0.39, 0.29) is 0 Å². The van der Waals surface area contributed by atoms with Gasteiger partial charge in [0.25, 0.3) is 0 Å². The van der Waals surface area contributed by atoms with E-state index in [0.717, 1.165) is 19.4 Å². The van der Waals surface area contributed by atoms with Crippen LogP contribution < -0.4 is 5.73 Å². The maximum Gasteiger partial charge on any atom is 0.0451 e. The Morgan fingerprint density at radius 2 is 2.44 bits per heavy atom. The van der Waals surface area contributed by atoms with Crippen molar-refractivity contribution in [2.45, 2.75) is 31.7 Å². The summed E-state index contributed by atoms with van der Waals surface area (Å²) in [5.74, 6) is 0. The summed E-state index contributed by atoms with van der Waals surface area (Å²) in [4.78, 5) is 6.95. The standard InChI is InChI=1S/C13H21N3/c1-16-10-4-7-13(16)11-5-3-9-15-12(11)6-2-8-14/h3,5,9,13H,2,4,6-8,10,14H2,1H3/t13-/m0/s1. The SMILES string of the molecule is CN1CCC[C@H]1c1cccnc1CCCN. The zero-order valence-corrected chi connectivity index (χ0v) is 10.0. The number of aromatic nitrogens is 1. The summed E-state index contributed by atoms with van der Waals surface area (Å²) in [6, 6.07) is 4.85. The molecule has 0 bridgehead atoms. The Labute approximate surface area is 97.7 Å². The molecule has 1 aliphatic heterocycles. The Kier molecular flexibility index (Phi) is 3.91. The van der Waals surface area contributed by atoms with Crippen LogP contribution in [0.25, 0.3) is 0 Å². The molecule has 0 unspecified atom stereocenters. The highest BCUT2D eigenvalue weighted by Gasteiger charge is 2.24. The van der Waals surface area contributed by atoms with E-state index >= 15 is 0 Å². The number of hydrogen-bond donors (Lipinski definition) is 1. The van der Waals surface area contributed by atoms with Gasteiger partial charge in [-0.3, -0.25) is 9.88 Å². The molecule has 0 aliphatic carbocycles. The van der Waals surface area contributed by atoms with Crippen LogP contribution in [0.3, 0.4) is 0 Å². The van der Waals surface area contributed by atoms with Crippen LogP contribution in [0.4, 0.5) is 0 Å². The molecule has 0 radical (unpaired) electrons. The molecule has 1 atom stereocenters. The average molecular weight is 219 g/mol. The van der Waals surface area contributed by atoms with Gasteiger partial charge in [0.2, 0.25) is 0 Å². The molecule has 1 fully saturated rings. The van der Waals surface area contributed by atoms with Crippen molar-refractivity contribution in [1.29, 1.82) is 0 Å². The van der Waals surface area contributed by atoms with E-state index in [4.69, 9.17) is 5.73 Å². The third-order valence-electron chi connectivity index (χ3n) is 3.42. The molecule has 2 rings (SSSR count). The minimum Gasteiger partial charge on any atom is -0.330 e. The number of pyridine rings is 1. The quantitative estimate of drug-likeness (QED) is 0.838. The topological polar surface area (TPSA) is 42.2 Å². The maximum atomic E-state index is 5.57. The smallest absolute Gasteiger partial charge is 0.0451 e. The highest BCUT2D eigenvalue weighted by molar-refractivity contribution is 5.24. The number of nitrogens with two attached hydrogens (primary N) is 1. The first-order valence-electron chi connectivity index (χ1n) is 6.17. The number of aryl methyl sites for hydroxylation is 1. The fourth-order valence-electron chi connectivity index (χ4n) is 2.54. The predicted molar refractivity (Wildman–Crippen MR) is 66.2 cm³/mol. The molecule has 1 aromatic rings. The van der Waals surface area contributed by atoms with Crippen LogP contribution in [0.2, 0.25) is 0 Å². The Morgan fingerprint density at radius 3 is 3.12 bits per heavy atom. The largest absolute Gasteiger partial charge is 0.330 e. The number of rotatable bonds is 4. The van der Waals surface area contributed by atoms with Gasteiger partial charge in [0.05, 0.1) is 0 Å². The van der Waals surface area contributed by atoms with Crippen molar-refractivity contribution in [2.24, 2.45) is 5.73 Å². The van der Waals surface area contributed by atoms with Crippen molar-refractivity contribution in [1.82, 2.24) is 9.88 Å². The molecular weight excluding hydrogens is 198 g/mol. The second-order valence-electron chi connectivity index (χ2n) is 4.57. The van der Waals surface area contributed by atoms with Gasteiger partial charge in [-0.1, -0.05) is 6.07 Å². The van der Waals surface area contributed by atoms with E-state index in [0.29, 0.717) is 6.04 Å². The van der Waals surface area contributed by atoms with Crippen molar-refractivity contribution >= 4 is 0 Å². The Hall–Kier alpha value is -0.930. The summed E-state index contributed by atoms with van der Waals surface area (Å²) in [6.07, 6.45) is 6.49. The predicted octanol–water partition coefficient (Wildman–Crippen LogP) is 1.74. The van der Waals surface area contributed by atoms with Gasteiger partial charge in [-0.05, 0) is 57.5 Å². The van der Waals surface area contributed by atoms with Crippen LogP contribution in [-0.2, 0) is 6.42 Å². The van der Waals surface area contributed by atoms with Crippen molar-refractivity contribution in [3.63, 3.8) is 0 Å². The zero-order valence-electron chi connectivity index (χ0n) is 10.0. The molecule has 0 aromatic carbocycles. The van der Waals surface area contributed by atoms with Crippen LogP contribution in [-0.4, -0.2) is 30.0 Å². The lowest BCUT2D eigenvalue weighted by molar-refractivity contribution is 0.315. The van der Waals surface area contributed by atoms with Crippen molar-refractivity contribution in [2.75, 3.05) is 20.1 Å². The lowest BCUT2D eigenvalue weighted by Gasteiger charge is -2.21. The fourth-order valence-corrected chi connectivity index (χ4v) is 2.54. The highest BCUT2D eigenvalue weighted by Crippen LogP contribution is 2.31. The first kappa shape index (κ1) is 11.6. The summed E-state index contributed by atoms with van der Waals surface area (Å²) < 4.78 is 0. The average Bonchev–Trinajstić information content (AvgIpc) is 2.73. The lowest BCUT2D eigenvalue weighted by Crippen LogP contribution is -2.19. The van der Waals surface area contributed by atoms with Gasteiger partial charge >= 0.3 is 0 Å². The molecule has 0 spiro atoms.